The summed E-state index contributed by atoms with van der Waals surface area (Å²) >= 11 is 0. The third kappa shape index (κ3) is 39.3. The molecule has 6 fully saturated rings. The van der Waals surface area contributed by atoms with Crippen molar-refractivity contribution in [2.75, 3.05) is 171 Å². The second-order valence-electron chi connectivity index (χ2n) is 24.6. The maximum absolute atomic E-state index is 11.9. The molecule has 85 heavy (non-hydrogen) atoms. The van der Waals surface area contributed by atoms with Gasteiger partial charge in [0, 0.05) is 104 Å². The number of nitrogens with two attached hydrogens (primary N) is 4. The molecule has 0 unspecified atom stereocenters. The van der Waals surface area contributed by atoms with Gasteiger partial charge in [-0.3, -0.25) is 58.1 Å². The summed E-state index contributed by atoms with van der Waals surface area (Å²) in [4.78, 5) is 90.8. The molecule has 11 N–H and O–H groups in total. The van der Waals surface area contributed by atoms with E-state index in [4.69, 9.17) is 56.8 Å². The quantitative estimate of drug-likeness (QED) is 0.0505. The lowest BCUT2D eigenvalue weighted by atomic mass is 9.84. The fourth-order valence-corrected chi connectivity index (χ4v) is 10.2. The summed E-state index contributed by atoms with van der Waals surface area (Å²) in [6, 6.07) is -1.94. The van der Waals surface area contributed by atoms with Gasteiger partial charge in [-0.15, -0.1) is 0 Å². The summed E-state index contributed by atoms with van der Waals surface area (Å²) in [7, 11) is 0. The zero-order valence-electron chi connectivity index (χ0n) is 53.0. The Kier molecular flexibility index (Phi) is 42.8. The lowest BCUT2D eigenvalue weighted by Gasteiger charge is -2.28. The van der Waals surface area contributed by atoms with E-state index in [0.717, 1.165) is 229 Å². The fraction of sp³-hybridized carbons (Fsp3) is 0.885. The van der Waals surface area contributed by atoms with E-state index < -0.39 is 24.0 Å². The summed E-state index contributed by atoms with van der Waals surface area (Å²) in [5, 5.41) is 20.3. The first-order chi connectivity index (χ1) is 40.5. The molecule has 494 valence electrons. The van der Waals surface area contributed by atoms with Crippen LogP contribution < -0.4 is 28.3 Å². The Hall–Kier alpha value is -3.31. The van der Waals surface area contributed by atoms with Gasteiger partial charge in [0.1, 0.15) is 28.9 Å². The Balaban J connectivity index is 0.000000363. The number of morpholine rings is 5. The molecule has 24 heteroatoms. The Morgan fingerprint density at radius 1 is 0.471 bits per heavy atom. The molecule has 0 bridgehead atoms. The summed E-state index contributed by atoms with van der Waals surface area (Å²) in [6.07, 6.45) is 9.95. The largest absolute Gasteiger partial charge is 0.481 e. The summed E-state index contributed by atoms with van der Waals surface area (Å²) in [5.74, 6) is -0.840. The molecule has 0 saturated carbocycles. The predicted molar refractivity (Wildman–Crippen MR) is 328 cm³/mol. The zero-order valence-corrected chi connectivity index (χ0v) is 53.0. The van der Waals surface area contributed by atoms with Gasteiger partial charge >= 0.3 is 11.9 Å². The zero-order chi connectivity index (χ0) is 62.8. The van der Waals surface area contributed by atoms with E-state index in [2.05, 4.69) is 43.7 Å². The lowest BCUT2D eigenvalue weighted by molar-refractivity contribution is -0.139. The normalized spacial score (nSPS) is 20.8. The summed E-state index contributed by atoms with van der Waals surface area (Å²) in [6.45, 7) is 33.6. The van der Waals surface area contributed by atoms with Crippen LogP contribution in [0.2, 0.25) is 0 Å². The molecule has 6 saturated heterocycles. The topological polar surface area (TPSA) is 338 Å². The number of ketones is 5. The van der Waals surface area contributed by atoms with Crippen molar-refractivity contribution in [2.24, 2.45) is 34.3 Å². The van der Waals surface area contributed by atoms with Crippen LogP contribution in [0.25, 0.3) is 0 Å². The maximum Gasteiger partial charge on any atom is 0.305 e. The number of hydrogen-bond acceptors (Lipinski definition) is 22. The van der Waals surface area contributed by atoms with Gasteiger partial charge in [0.15, 0.2) is 0 Å². The van der Waals surface area contributed by atoms with E-state index in [1.54, 1.807) is 0 Å². The van der Waals surface area contributed by atoms with Crippen molar-refractivity contribution in [3.8, 4) is 0 Å². The van der Waals surface area contributed by atoms with Gasteiger partial charge in [0.05, 0.1) is 103 Å². The molecule has 0 amide bonds. The minimum Gasteiger partial charge on any atom is -0.481 e. The molecular weight excluding hydrogens is 1100 g/mol. The van der Waals surface area contributed by atoms with Crippen molar-refractivity contribution >= 4 is 40.9 Å². The van der Waals surface area contributed by atoms with Crippen LogP contribution in [0.15, 0.2) is 0 Å². The number of carboxylic acid groups (broad SMARTS) is 2. The smallest absolute Gasteiger partial charge is 0.305 e. The van der Waals surface area contributed by atoms with Crippen molar-refractivity contribution in [1.82, 2.24) is 29.8 Å². The first-order valence-electron chi connectivity index (χ1n) is 31.9. The van der Waals surface area contributed by atoms with E-state index in [0.29, 0.717) is 37.4 Å². The summed E-state index contributed by atoms with van der Waals surface area (Å²) in [5.41, 5.74) is 22.8. The molecule has 0 radical (unpaired) electrons. The molecule has 6 rings (SSSR count). The van der Waals surface area contributed by atoms with Gasteiger partial charge in [0.2, 0.25) is 0 Å². The number of carbonyl (C=O) groups excluding carboxylic acids is 5. The molecule has 0 aromatic rings. The minimum absolute atomic E-state index is 0.0375. The van der Waals surface area contributed by atoms with E-state index in [9.17, 15) is 33.6 Å². The van der Waals surface area contributed by atoms with Crippen molar-refractivity contribution in [3.63, 3.8) is 0 Å². The van der Waals surface area contributed by atoms with Gasteiger partial charge in [0.25, 0.3) is 0 Å². The van der Waals surface area contributed by atoms with Crippen LogP contribution in [0.4, 0.5) is 0 Å². The highest BCUT2D eigenvalue weighted by atomic mass is 16.5. The minimum atomic E-state index is -1.03. The number of hydrogen-bond donors (Lipinski definition) is 7. The number of Topliss-reactive ketones (excluding diaryl/α,β-unsaturated/α-hetero) is 5. The molecule has 0 aliphatic carbocycles. The van der Waals surface area contributed by atoms with Crippen molar-refractivity contribution in [2.45, 2.75) is 168 Å². The number of nitrogens with zero attached hydrogens (tertiary/aromatic N) is 5. The number of carboxylic acids is 2. The number of rotatable bonds is 32. The van der Waals surface area contributed by atoms with Crippen LogP contribution in [0.1, 0.15) is 137 Å². The number of nitrogens with one attached hydrogen (secondary N) is 1. The lowest BCUT2D eigenvalue weighted by Crippen LogP contribution is -2.42. The maximum atomic E-state index is 11.9. The predicted octanol–water partition coefficient (Wildman–Crippen LogP) is 1.83. The van der Waals surface area contributed by atoms with Gasteiger partial charge in [-0.25, -0.2) is 0 Å². The second-order valence-corrected chi connectivity index (χ2v) is 24.6. The molecule has 0 aromatic carbocycles. The number of carbonyl (C=O) groups is 7. The van der Waals surface area contributed by atoms with Crippen LogP contribution in [0.5, 0.6) is 0 Å². The van der Waals surface area contributed by atoms with Crippen LogP contribution in [0.3, 0.4) is 0 Å². The van der Waals surface area contributed by atoms with Crippen LogP contribution in [-0.4, -0.2) is 277 Å². The molecule has 24 nitrogen and oxygen atoms in total. The SMILES string of the molecule is CC(C)(C)[C@H](N)C(=O)CCCN1CCOCC1.CC(C)C[C@H](N)C(=O)CCCN1CCOCC1.N[C@@H](CC(=O)O)C(=O)CCCN1CCOCC1.N[C@@H](CCC(=O)O)C(=O)CCCN1CCOCC1.O=C(CCCN1CCOCC1)[C@@H]1CCCN1. The van der Waals surface area contributed by atoms with Gasteiger partial charge in [-0.2, -0.15) is 0 Å². The first kappa shape index (κ1) is 77.8. The van der Waals surface area contributed by atoms with Gasteiger partial charge in [-0.05, 0) is 108 Å². The van der Waals surface area contributed by atoms with Crippen molar-refractivity contribution in [1.29, 1.82) is 0 Å². The summed E-state index contributed by atoms with van der Waals surface area (Å²) < 4.78 is 26.3. The molecule has 6 aliphatic rings. The monoisotopic (exact) mass is 1210 g/mol. The average molecular weight is 1210 g/mol. The molecule has 0 aromatic heterocycles. The standard InChI is InChI=1S/2C13H26N2O2.C12H22N2O4.C12H22N2O2.C11H20N2O4/c1-13(2,3)12(14)11(16)5-4-6-15-7-9-17-10-8-15;1-11(2)10-12(14)13(16)4-3-5-15-6-8-17-9-7-15;13-10(3-4-12(16)17)11(15)2-1-5-14-6-8-18-9-7-14;15-12(11-3-1-5-13-11)4-2-6-14-7-9-16-10-8-14;12-9(8-11(15)16)10(14)2-1-3-13-4-6-17-7-5-13/h12H,4-10,14H2,1-3H3;11-12H,3-10,14H2,1-2H3;10H,1-9,13H2,(H,16,17);11,13H,1-10H2;9H,1-8,12H2,(H,15,16)/t2*12-;10-;11-;9-/m10000/s1. The van der Waals surface area contributed by atoms with Crippen LogP contribution in [0, 0.1) is 11.3 Å². The van der Waals surface area contributed by atoms with E-state index >= 15 is 0 Å². The van der Waals surface area contributed by atoms with E-state index in [-0.39, 0.29) is 65.9 Å². The van der Waals surface area contributed by atoms with Crippen molar-refractivity contribution < 1.29 is 67.5 Å². The Morgan fingerprint density at radius 3 is 1.11 bits per heavy atom. The molecule has 6 heterocycles. The highest BCUT2D eigenvalue weighted by Gasteiger charge is 2.27. The van der Waals surface area contributed by atoms with Crippen molar-refractivity contribution in [3.05, 3.63) is 0 Å². The Bertz CT molecular complexity index is 1830. The second kappa shape index (κ2) is 46.8. The molecule has 0 spiro atoms. The Labute approximate surface area is 509 Å². The van der Waals surface area contributed by atoms with E-state index in [1.807, 2.05) is 20.8 Å². The van der Waals surface area contributed by atoms with Crippen LogP contribution >= 0.6 is 0 Å². The molecule has 6 aliphatic heterocycles. The van der Waals surface area contributed by atoms with E-state index in [1.165, 1.54) is 0 Å². The number of ether oxygens (including phenoxy) is 5. The van der Waals surface area contributed by atoms with Gasteiger partial charge in [-0.1, -0.05) is 34.6 Å². The third-order valence-electron chi connectivity index (χ3n) is 15.8. The number of aliphatic carboxylic acids is 2. The third-order valence-corrected chi connectivity index (χ3v) is 15.8. The average Bonchev–Trinajstić information content (AvgIpc) is 4.07. The van der Waals surface area contributed by atoms with Gasteiger partial charge < -0.3 is 62.1 Å². The first-order valence-corrected chi connectivity index (χ1v) is 31.9. The molecular formula is C61H116N10O14. The fourth-order valence-electron chi connectivity index (χ4n) is 10.2. The highest BCUT2D eigenvalue weighted by molar-refractivity contribution is 5.88. The molecule has 5 atom stereocenters. The van der Waals surface area contributed by atoms with Crippen LogP contribution in [-0.2, 0) is 57.2 Å². The Morgan fingerprint density at radius 2 is 0.800 bits per heavy atom. The highest BCUT2D eigenvalue weighted by Crippen LogP contribution is 2.20.